The van der Waals surface area contributed by atoms with Crippen molar-refractivity contribution in [2.45, 2.75) is 58.7 Å². The number of hydrogen-bond donors (Lipinski definition) is 0. The summed E-state index contributed by atoms with van der Waals surface area (Å²) in [4.78, 5) is 0. The van der Waals surface area contributed by atoms with Crippen LogP contribution in [0.25, 0.3) is 0 Å². The normalized spacial score (nSPS) is 28.6. The monoisotopic (exact) mass is 246 g/mol. The van der Waals surface area contributed by atoms with Crippen LogP contribution >= 0.6 is 0 Å². The summed E-state index contributed by atoms with van der Waals surface area (Å²) in [5.74, 6) is 1.72. The molecule has 100 valence electrons. The standard InChI is InChI=1S/C17H26O/c1-14(2)16-9-11-17(3,12-10-16)18-13-15-7-5-4-6-8-15/h4-8,14,16H,9-13H2,1-3H3. The van der Waals surface area contributed by atoms with Crippen molar-refractivity contribution in [2.75, 3.05) is 0 Å². The van der Waals surface area contributed by atoms with Gasteiger partial charge in [-0.3, -0.25) is 0 Å². The average Bonchev–Trinajstić information content (AvgIpc) is 2.38. The molecule has 0 N–H and O–H groups in total. The highest BCUT2D eigenvalue weighted by atomic mass is 16.5. The summed E-state index contributed by atoms with van der Waals surface area (Å²) in [6.45, 7) is 7.73. The fraction of sp³-hybridized carbons (Fsp3) is 0.647. The van der Waals surface area contributed by atoms with Crippen molar-refractivity contribution in [1.82, 2.24) is 0 Å². The molecule has 1 aliphatic rings. The van der Waals surface area contributed by atoms with E-state index in [-0.39, 0.29) is 5.60 Å². The first kappa shape index (κ1) is 13.6. The largest absolute Gasteiger partial charge is 0.371 e. The Balaban J connectivity index is 1.83. The number of rotatable bonds is 4. The Labute approximate surface area is 112 Å². The average molecular weight is 246 g/mol. The van der Waals surface area contributed by atoms with Crippen molar-refractivity contribution in [2.24, 2.45) is 11.8 Å². The zero-order chi connectivity index (χ0) is 13.0. The minimum atomic E-state index is 0.0984. The van der Waals surface area contributed by atoms with Crippen molar-refractivity contribution < 1.29 is 4.74 Å². The van der Waals surface area contributed by atoms with Gasteiger partial charge in [0, 0.05) is 0 Å². The molecule has 0 heterocycles. The van der Waals surface area contributed by atoms with Gasteiger partial charge in [-0.05, 0) is 50.0 Å². The maximum absolute atomic E-state index is 6.18. The van der Waals surface area contributed by atoms with E-state index in [4.69, 9.17) is 4.74 Å². The van der Waals surface area contributed by atoms with Gasteiger partial charge in [0.25, 0.3) is 0 Å². The Hall–Kier alpha value is -0.820. The van der Waals surface area contributed by atoms with Crippen LogP contribution in [0.1, 0.15) is 52.0 Å². The Morgan fingerprint density at radius 3 is 2.33 bits per heavy atom. The van der Waals surface area contributed by atoms with E-state index in [0.29, 0.717) is 0 Å². The lowest BCUT2D eigenvalue weighted by atomic mass is 9.75. The Morgan fingerprint density at radius 1 is 1.17 bits per heavy atom. The molecule has 1 aromatic carbocycles. The number of benzene rings is 1. The fourth-order valence-electron chi connectivity index (χ4n) is 2.89. The summed E-state index contributed by atoms with van der Waals surface area (Å²) in [5.41, 5.74) is 1.38. The van der Waals surface area contributed by atoms with Crippen LogP contribution in [-0.2, 0) is 11.3 Å². The molecule has 18 heavy (non-hydrogen) atoms. The molecule has 2 rings (SSSR count). The van der Waals surface area contributed by atoms with Crippen LogP contribution in [0.2, 0.25) is 0 Å². The molecule has 0 aromatic heterocycles. The summed E-state index contributed by atoms with van der Waals surface area (Å²) in [6.07, 6.45) is 5.07. The van der Waals surface area contributed by atoms with Gasteiger partial charge < -0.3 is 4.74 Å². The molecular formula is C17H26O. The second-order valence-corrected chi connectivity index (χ2v) is 6.31. The molecule has 0 atom stereocenters. The van der Waals surface area contributed by atoms with Crippen LogP contribution in [0, 0.1) is 11.8 Å². The van der Waals surface area contributed by atoms with Gasteiger partial charge in [0.05, 0.1) is 12.2 Å². The van der Waals surface area contributed by atoms with Gasteiger partial charge in [-0.1, -0.05) is 44.2 Å². The van der Waals surface area contributed by atoms with Crippen molar-refractivity contribution in [3.05, 3.63) is 35.9 Å². The third kappa shape index (κ3) is 3.58. The first-order chi connectivity index (χ1) is 8.59. The van der Waals surface area contributed by atoms with Gasteiger partial charge in [0.1, 0.15) is 0 Å². The molecule has 1 saturated carbocycles. The van der Waals surface area contributed by atoms with E-state index in [1.807, 2.05) is 0 Å². The van der Waals surface area contributed by atoms with E-state index in [0.717, 1.165) is 18.4 Å². The quantitative estimate of drug-likeness (QED) is 0.741. The van der Waals surface area contributed by atoms with E-state index in [1.165, 1.54) is 31.2 Å². The van der Waals surface area contributed by atoms with Crippen LogP contribution in [0.4, 0.5) is 0 Å². The molecule has 0 spiro atoms. The van der Waals surface area contributed by atoms with E-state index >= 15 is 0 Å². The predicted octanol–water partition coefficient (Wildman–Crippen LogP) is 4.81. The highest BCUT2D eigenvalue weighted by molar-refractivity contribution is 5.13. The summed E-state index contributed by atoms with van der Waals surface area (Å²) in [6, 6.07) is 10.5. The van der Waals surface area contributed by atoms with Gasteiger partial charge in [0.2, 0.25) is 0 Å². The highest BCUT2D eigenvalue weighted by Gasteiger charge is 2.32. The van der Waals surface area contributed by atoms with Gasteiger partial charge in [-0.15, -0.1) is 0 Å². The molecule has 0 unspecified atom stereocenters. The van der Waals surface area contributed by atoms with Crippen LogP contribution < -0.4 is 0 Å². The van der Waals surface area contributed by atoms with Crippen molar-refractivity contribution >= 4 is 0 Å². The minimum absolute atomic E-state index is 0.0984. The van der Waals surface area contributed by atoms with E-state index < -0.39 is 0 Å². The maximum Gasteiger partial charge on any atom is 0.0724 e. The molecule has 1 heteroatoms. The predicted molar refractivity (Wildman–Crippen MR) is 76.4 cm³/mol. The second-order valence-electron chi connectivity index (χ2n) is 6.31. The summed E-state index contributed by atoms with van der Waals surface area (Å²) in [7, 11) is 0. The van der Waals surface area contributed by atoms with Crippen LogP contribution in [0.15, 0.2) is 30.3 Å². The molecule has 1 nitrogen and oxygen atoms in total. The molecule has 0 radical (unpaired) electrons. The molecule has 0 saturated heterocycles. The summed E-state index contributed by atoms with van der Waals surface area (Å²) < 4.78 is 6.18. The van der Waals surface area contributed by atoms with Crippen molar-refractivity contribution in [3.63, 3.8) is 0 Å². The molecule has 0 aliphatic heterocycles. The van der Waals surface area contributed by atoms with Gasteiger partial charge in [-0.25, -0.2) is 0 Å². The van der Waals surface area contributed by atoms with Gasteiger partial charge in [0.15, 0.2) is 0 Å². The lowest BCUT2D eigenvalue weighted by Crippen LogP contribution is -2.35. The maximum atomic E-state index is 6.18. The van der Waals surface area contributed by atoms with Crippen LogP contribution in [0.3, 0.4) is 0 Å². The fourth-order valence-corrected chi connectivity index (χ4v) is 2.89. The lowest BCUT2D eigenvalue weighted by molar-refractivity contribution is -0.0776. The van der Waals surface area contributed by atoms with Gasteiger partial charge in [-0.2, -0.15) is 0 Å². The van der Waals surface area contributed by atoms with Crippen molar-refractivity contribution in [3.8, 4) is 0 Å². The van der Waals surface area contributed by atoms with Crippen LogP contribution in [-0.4, -0.2) is 5.60 Å². The first-order valence-electron chi connectivity index (χ1n) is 7.27. The first-order valence-corrected chi connectivity index (χ1v) is 7.27. The van der Waals surface area contributed by atoms with E-state index in [9.17, 15) is 0 Å². The molecule has 1 aliphatic carbocycles. The molecule has 1 aromatic rings. The Kier molecular flexibility index (Phi) is 4.45. The number of hydrogen-bond acceptors (Lipinski definition) is 1. The third-order valence-electron chi connectivity index (χ3n) is 4.46. The SMILES string of the molecule is CC(C)C1CCC(C)(OCc2ccccc2)CC1. The Bertz CT molecular complexity index is 347. The van der Waals surface area contributed by atoms with Crippen LogP contribution in [0.5, 0.6) is 0 Å². The Morgan fingerprint density at radius 2 is 1.78 bits per heavy atom. The molecule has 0 amide bonds. The van der Waals surface area contributed by atoms with Gasteiger partial charge >= 0.3 is 0 Å². The second kappa shape index (κ2) is 5.88. The van der Waals surface area contributed by atoms with E-state index in [2.05, 4.69) is 51.1 Å². The number of ether oxygens (including phenoxy) is 1. The smallest absolute Gasteiger partial charge is 0.0724 e. The summed E-state index contributed by atoms with van der Waals surface area (Å²) >= 11 is 0. The minimum Gasteiger partial charge on any atom is -0.371 e. The van der Waals surface area contributed by atoms with Crippen molar-refractivity contribution in [1.29, 1.82) is 0 Å². The third-order valence-corrected chi connectivity index (χ3v) is 4.46. The topological polar surface area (TPSA) is 9.23 Å². The molecule has 0 bridgehead atoms. The zero-order valence-electron chi connectivity index (χ0n) is 12.0. The highest BCUT2D eigenvalue weighted by Crippen LogP contribution is 2.38. The zero-order valence-corrected chi connectivity index (χ0v) is 12.0. The van der Waals surface area contributed by atoms with E-state index in [1.54, 1.807) is 0 Å². The molecule has 1 fully saturated rings. The lowest BCUT2D eigenvalue weighted by Gasteiger charge is -2.38. The summed E-state index contributed by atoms with van der Waals surface area (Å²) in [5, 5.41) is 0. The molecular weight excluding hydrogens is 220 g/mol.